The average Bonchev–Trinajstić information content (AvgIpc) is 3.23. The van der Waals surface area contributed by atoms with E-state index < -0.39 is 17.5 Å². The molecule has 0 fully saturated rings. The Balaban J connectivity index is 1.56. The number of fused-ring (bicyclic) bond motifs is 1. The number of halogens is 2. The number of carbonyl (C=O) groups is 1. The second-order valence-electron chi connectivity index (χ2n) is 5.03. The summed E-state index contributed by atoms with van der Waals surface area (Å²) in [5.41, 5.74) is 2.83. The van der Waals surface area contributed by atoms with Crippen molar-refractivity contribution in [1.29, 1.82) is 0 Å². The number of aromatic nitrogens is 3. The number of hydrogen-bond donors (Lipinski definition) is 1. The van der Waals surface area contributed by atoms with Gasteiger partial charge in [0.2, 0.25) is 0 Å². The van der Waals surface area contributed by atoms with E-state index >= 15 is 0 Å². The molecule has 0 bridgehead atoms. The van der Waals surface area contributed by atoms with Crippen molar-refractivity contribution in [2.45, 2.75) is 0 Å². The summed E-state index contributed by atoms with van der Waals surface area (Å²) < 4.78 is 32.8. The molecular weight excluding hydrogens is 350 g/mol. The molecule has 9 heteroatoms. The van der Waals surface area contributed by atoms with E-state index in [1.54, 1.807) is 23.7 Å². The fraction of sp³-hybridized carbons (Fsp3) is 0. The summed E-state index contributed by atoms with van der Waals surface area (Å²) in [4.78, 5) is 16.4. The molecule has 1 N–H and O–H groups in total. The van der Waals surface area contributed by atoms with Gasteiger partial charge in [0.15, 0.2) is 0 Å². The number of nitrogens with zero attached hydrogens (tertiary/aromatic N) is 3. The van der Waals surface area contributed by atoms with Gasteiger partial charge in [0.25, 0.3) is 11.8 Å². The molecule has 1 amide bonds. The van der Waals surface area contributed by atoms with Crippen molar-refractivity contribution in [2.24, 2.45) is 0 Å². The first-order valence-corrected chi connectivity index (χ1v) is 7.91. The Labute approximate surface area is 143 Å². The molecule has 0 saturated heterocycles. The molecule has 25 heavy (non-hydrogen) atoms. The molecule has 124 valence electrons. The molecule has 0 aliphatic rings. The summed E-state index contributed by atoms with van der Waals surface area (Å²) in [6.07, 6.45) is 0. The van der Waals surface area contributed by atoms with Crippen LogP contribution in [0.1, 0.15) is 10.4 Å². The summed E-state index contributed by atoms with van der Waals surface area (Å²) in [6, 6.07) is 7.82. The van der Waals surface area contributed by atoms with Crippen molar-refractivity contribution >= 4 is 33.5 Å². The van der Waals surface area contributed by atoms with Crippen LogP contribution in [0.3, 0.4) is 0 Å². The summed E-state index contributed by atoms with van der Waals surface area (Å²) >= 11 is 1.41. The standard InChI is InChI=1S/C16H8F2N4O2S/c17-9-2-3-10(11(18)6-9)15-21-22-16(24-15)20-14(23)8-1-4-12-13(5-8)25-7-19-12/h1-7H,(H,20,22,23). The second kappa shape index (κ2) is 6.02. The predicted octanol–water partition coefficient (Wildman–Crippen LogP) is 3.88. The lowest BCUT2D eigenvalue weighted by Gasteiger charge is -2.00. The van der Waals surface area contributed by atoms with Crippen LogP contribution in [0.2, 0.25) is 0 Å². The number of anilines is 1. The average molecular weight is 358 g/mol. The quantitative estimate of drug-likeness (QED) is 0.601. The molecule has 0 spiro atoms. The van der Waals surface area contributed by atoms with Gasteiger partial charge in [-0.1, -0.05) is 5.10 Å². The first-order chi connectivity index (χ1) is 12.1. The smallest absolute Gasteiger partial charge is 0.322 e. The minimum absolute atomic E-state index is 0.0551. The van der Waals surface area contributed by atoms with E-state index in [0.29, 0.717) is 11.6 Å². The molecule has 0 radical (unpaired) electrons. The van der Waals surface area contributed by atoms with Crippen molar-refractivity contribution < 1.29 is 18.0 Å². The Hall–Kier alpha value is -3.20. The number of hydrogen-bond acceptors (Lipinski definition) is 6. The monoisotopic (exact) mass is 358 g/mol. The molecule has 2 heterocycles. The maximum Gasteiger partial charge on any atom is 0.322 e. The number of nitrogens with one attached hydrogen (secondary N) is 1. The summed E-state index contributed by atoms with van der Waals surface area (Å²) in [6.45, 7) is 0. The topological polar surface area (TPSA) is 80.9 Å². The maximum atomic E-state index is 13.7. The third-order valence-electron chi connectivity index (χ3n) is 3.40. The van der Waals surface area contributed by atoms with Gasteiger partial charge in [0.1, 0.15) is 11.6 Å². The zero-order valence-corrected chi connectivity index (χ0v) is 13.2. The van der Waals surface area contributed by atoms with Crippen LogP contribution in [0.15, 0.2) is 46.3 Å². The number of carbonyl (C=O) groups excluding carboxylic acids is 1. The highest BCUT2D eigenvalue weighted by Gasteiger charge is 2.16. The van der Waals surface area contributed by atoms with E-state index in [1.807, 2.05) is 0 Å². The number of thiazole rings is 1. The summed E-state index contributed by atoms with van der Waals surface area (Å²) in [5.74, 6) is -2.17. The van der Waals surface area contributed by atoms with Crippen LogP contribution in [-0.2, 0) is 0 Å². The fourth-order valence-electron chi connectivity index (χ4n) is 2.21. The van der Waals surface area contributed by atoms with Gasteiger partial charge in [-0.05, 0) is 30.3 Å². The molecule has 0 aliphatic heterocycles. The van der Waals surface area contributed by atoms with Crippen molar-refractivity contribution in [3.05, 3.63) is 59.1 Å². The molecule has 2 aromatic carbocycles. The summed E-state index contributed by atoms with van der Waals surface area (Å²) in [7, 11) is 0. The number of benzene rings is 2. The molecular formula is C16H8F2N4O2S. The highest BCUT2D eigenvalue weighted by atomic mass is 32.1. The maximum absolute atomic E-state index is 13.7. The molecule has 0 unspecified atom stereocenters. The van der Waals surface area contributed by atoms with Crippen LogP contribution in [0.5, 0.6) is 0 Å². The van der Waals surface area contributed by atoms with E-state index in [4.69, 9.17) is 4.42 Å². The lowest BCUT2D eigenvalue weighted by atomic mass is 10.2. The highest BCUT2D eigenvalue weighted by molar-refractivity contribution is 7.16. The lowest BCUT2D eigenvalue weighted by molar-refractivity contribution is 0.102. The van der Waals surface area contributed by atoms with Gasteiger partial charge in [-0.3, -0.25) is 10.1 Å². The lowest BCUT2D eigenvalue weighted by Crippen LogP contribution is -2.11. The predicted molar refractivity (Wildman–Crippen MR) is 87.2 cm³/mol. The summed E-state index contributed by atoms with van der Waals surface area (Å²) in [5, 5.41) is 9.76. The minimum atomic E-state index is -0.836. The molecule has 0 aliphatic carbocycles. The Kier molecular flexibility index (Phi) is 3.69. The van der Waals surface area contributed by atoms with Crippen LogP contribution < -0.4 is 5.32 Å². The van der Waals surface area contributed by atoms with Gasteiger partial charge < -0.3 is 4.42 Å². The molecule has 0 saturated carbocycles. The fourth-order valence-corrected chi connectivity index (χ4v) is 2.93. The van der Waals surface area contributed by atoms with Crippen LogP contribution in [0.4, 0.5) is 14.8 Å². The van der Waals surface area contributed by atoms with Crippen molar-refractivity contribution in [1.82, 2.24) is 15.2 Å². The number of rotatable bonds is 3. The van der Waals surface area contributed by atoms with E-state index in [1.165, 1.54) is 17.4 Å². The zero-order valence-electron chi connectivity index (χ0n) is 12.4. The molecule has 4 rings (SSSR count). The van der Waals surface area contributed by atoms with Gasteiger partial charge >= 0.3 is 6.01 Å². The SMILES string of the molecule is O=C(Nc1nnc(-c2ccc(F)cc2F)o1)c1ccc2ncsc2c1. The van der Waals surface area contributed by atoms with Crippen molar-refractivity contribution in [2.75, 3.05) is 5.32 Å². The normalized spacial score (nSPS) is 11.0. The first kappa shape index (κ1) is 15.3. The third kappa shape index (κ3) is 2.96. The highest BCUT2D eigenvalue weighted by Crippen LogP contribution is 2.24. The number of amides is 1. The van der Waals surface area contributed by atoms with Crippen molar-refractivity contribution in [3.8, 4) is 11.5 Å². The first-order valence-electron chi connectivity index (χ1n) is 7.04. The van der Waals surface area contributed by atoms with Gasteiger partial charge in [-0.25, -0.2) is 13.8 Å². The van der Waals surface area contributed by atoms with Crippen molar-refractivity contribution in [3.63, 3.8) is 0 Å². The Morgan fingerprint density at radius 1 is 1.12 bits per heavy atom. The largest absolute Gasteiger partial charge is 0.403 e. The molecule has 2 aromatic heterocycles. The molecule has 0 atom stereocenters. The Morgan fingerprint density at radius 2 is 2.00 bits per heavy atom. The van der Waals surface area contributed by atoms with Gasteiger partial charge in [-0.2, -0.15) is 0 Å². The van der Waals surface area contributed by atoms with Crippen LogP contribution in [0, 0.1) is 11.6 Å². The van der Waals surface area contributed by atoms with E-state index in [9.17, 15) is 13.6 Å². The Bertz CT molecular complexity index is 1090. The van der Waals surface area contributed by atoms with E-state index in [0.717, 1.165) is 16.3 Å². The van der Waals surface area contributed by atoms with Crippen LogP contribution in [0.25, 0.3) is 21.7 Å². The minimum Gasteiger partial charge on any atom is -0.403 e. The van der Waals surface area contributed by atoms with Crippen LogP contribution >= 0.6 is 11.3 Å². The van der Waals surface area contributed by atoms with Gasteiger partial charge in [0, 0.05) is 11.6 Å². The third-order valence-corrected chi connectivity index (χ3v) is 4.19. The molecule has 6 nitrogen and oxygen atoms in total. The van der Waals surface area contributed by atoms with Gasteiger partial charge in [-0.15, -0.1) is 16.4 Å². The molecule has 4 aromatic rings. The Morgan fingerprint density at radius 3 is 2.84 bits per heavy atom. The van der Waals surface area contributed by atoms with E-state index in [2.05, 4.69) is 20.5 Å². The van der Waals surface area contributed by atoms with Crippen LogP contribution in [-0.4, -0.2) is 21.1 Å². The van der Waals surface area contributed by atoms with Gasteiger partial charge in [0.05, 0.1) is 21.3 Å². The van der Waals surface area contributed by atoms with E-state index in [-0.39, 0.29) is 17.5 Å². The zero-order chi connectivity index (χ0) is 17.4. The second-order valence-corrected chi connectivity index (χ2v) is 5.91.